The summed E-state index contributed by atoms with van der Waals surface area (Å²) >= 11 is 0.420. The van der Waals surface area contributed by atoms with Crippen molar-refractivity contribution in [1.29, 1.82) is 0 Å². The van der Waals surface area contributed by atoms with Crippen LogP contribution in [0, 0.1) is 17.9 Å². The van der Waals surface area contributed by atoms with Crippen molar-refractivity contribution in [2.75, 3.05) is 5.12 Å². The van der Waals surface area contributed by atoms with Gasteiger partial charge in [-0.05, 0) is 19.1 Å². The van der Waals surface area contributed by atoms with E-state index in [1.807, 2.05) is 0 Å². The molecule has 0 aliphatic rings. The van der Waals surface area contributed by atoms with E-state index < -0.39 is 22.5 Å². The molecule has 7 heteroatoms. The summed E-state index contributed by atoms with van der Waals surface area (Å²) in [5.74, 6) is -2.08. The number of carbonyl (C=O) groups excluding carboxylic acids is 1. The van der Waals surface area contributed by atoms with Gasteiger partial charge in [-0.3, -0.25) is 4.79 Å². The predicted molar refractivity (Wildman–Crippen MR) is 61.1 cm³/mol. The smallest absolute Gasteiger partial charge is 0.263 e. The lowest BCUT2D eigenvalue weighted by atomic mass is 10.3. The molecule has 18 heavy (non-hydrogen) atoms. The van der Waals surface area contributed by atoms with Crippen LogP contribution < -0.4 is 5.12 Å². The SMILES string of the molecule is Cc1nc(C(=O)N(F)c2ccccc2F)sc1F. The van der Waals surface area contributed by atoms with Crippen LogP contribution in [0.5, 0.6) is 0 Å². The molecular formula is C11H7F3N2OS. The molecule has 1 aromatic heterocycles. The average Bonchev–Trinajstić information content (AvgIpc) is 2.68. The number of nitrogens with zero attached hydrogens (tertiary/aromatic N) is 2. The molecule has 94 valence electrons. The van der Waals surface area contributed by atoms with Crippen LogP contribution in [-0.4, -0.2) is 10.9 Å². The molecule has 2 rings (SSSR count). The van der Waals surface area contributed by atoms with E-state index in [4.69, 9.17) is 0 Å². The largest absolute Gasteiger partial charge is 0.315 e. The molecule has 0 aliphatic carbocycles. The minimum atomic E-state index is -1.20. The summed E-state index contributed by atoms with van der Waals surface area (Å²) in [6.45, 7) is 1.36. The zero-order valence-corrected chi connectivity index (χ0v) is 9.97. The van der Waals surface area contributed by atoms with Crippen molar-refractivity contribution in [3.8, 4) is 0 Å². The van der Waals surface area contributed by atoms with Crippen molar-refractivity contribution in [1.82, 2.24) is 4.98 Å². The molecule has 0 aliphatic heterocycles. The van der Waals surface area contributed by atoms with Crippen LogP contribution >= 0.6 is 11.3 Å². The highest BCUT2D eigenvalue weighted by Crippen LogP contribution is 2.23. The quantitative estimate of drug-likeness (QED) is 0.786. The summed E-state index contributed by atoms with van der Waals surface area (Å²) in [5.41, 5.74) is -0.527. The van der Waals surface area contributed by atoms with Crippen molar-refractivity contribution in [2.45, 2.75) is 6.92 Å². The number of aromatic nitrogens is 1. The molecule has 0 saturated carbocycles. The molecule has 0 bridgehead atoms. The third-order valence-corrected chi connectivity index (χ3v) is 3.10. The first kappa shape index (κ1) is 12.6. The third kappa shape index (κ3) is 2.21. The Kier molecular flexibility index (Phi) is 3.33. The Morgan fingerprint density at radius 3 is 2.56 bits per heavy atom. The predicted octanol–water partition coefficient (Wildman–Crippen LogP) is 3.26. The normalized spacial score (nSPS) is 10.4. The van der Waals surface area contributed by atoms with E-state index in [9.17, 15) is 18.1 Å². The Hall–Kier alpha value is -1.89. The van der Waals surface area contributed by atoms with E-state index >= 15 is 0 Å². The summed E-state index contributed by atoms with van der Waals surface area (Å²) < 4.78 is 40.0. The van der Waals surface area contributed by atoms with Gasteiger partial charge in [0.25, 0.3) is 0 Å². The Labute approximate surface area is 104 Å². The number of hydrogen-bond donors (Lipinski definition) is 0. The molecule has 0 spiro atoms. The summed E-state index contributed by atoms with van der Waals surface area (Å²) in [6, 6.07) is 4.86. The number of hydrogen-bond acceptors (Lipinski definition) is 3. The maximum atomic E-state index is 13.7. The Morgan fingerprint density at radius 1 is 1.33 bits per heavy atom. The van der Waals surface area contributed by atoms with Crippen LogP contribution in [0.1, 0.15) is 15.5 Å². The number of aryl methyl sites for hydroxylation is 1. The highest BCUT2D eigenvalue weighted by atomic mass is 32.1. The van der Waals surface area contributed by atoms with Gasteiger partial charge in [0.1, 0.15) is 11.5 Å². The summed E-state index contributed by atoms with van der Waals surface area (Å²) in [4.78, 5) is 15.2. The fourth-order valence-corrected chi connectivity index (χ4v) is 1.99. The van der Waals surface area contributed by atoms with Gasteiger partial charge in [-0.1, -0.05) is 28.0 Å². The van der Waals surface area contributed by atoms with E-state index in [0.717, 1.165) is 12.1 Å². The fraction of sp³-hybridized carbons (Fsp3) is 0.0909. The molecule has 0 unspecified atom stereocenters. The van der Waals surface area contributed by atoms with Crippen LogP contribution in [0.15, 0.2) is 24.3 Å². The lowest BCUT2D eigenvalue weighted by molar-refractivity contribution is 0.0929. The summed E-state index contributed by atoms with van der Waals surface area (Å²) in [6.07, 6.45) is 0. The van der Waals surface area contributed by atoms with E-state index in [1.165, 1.54) is 19.1 Å². The first-order valence-corrected chi connectivity index (χ1v) is 5.70. The first-order chi connectivity index (χ1) is 8.50. The van der Waals surface area contributed by atoms with Gasteiger partial charge < -0.3 is 0 Å². The number of thiazole rings is 1. The lowest BCUT2D eigenvalue weighted by Gasteiger charge is -2.10. The third-order valence-electron chi connectivity index (χ3n) is 2.17. The van der Waals surface area contributed by atoms with Crippen molar-refractivity contribution in [3.63, 3.8) is 0 Å². The monoisotopic (exact) mass is 272 g/mol. The zero-order valence-electron chi connectivity index (χ0n) is 9.15. The standard InChI is InChI=1S/C11H7F3N2OS/c1-6-9(13)18-10(15-6)11(17)16(14)8-5-3-2-4-7(8)12/h2-5H,1H3. The van der Waals surface area contributed by atoms with Gasteiger partial charge in [0.15, 0.2) is 10.1 Å². The van der Waals surface area contributed by atoms with Gasteiger partial charge in [-0.25, -0.2) is 9.37 Å². The maximum absolute atomic E-state index is 13.7. The van der Waals surface area contributed by atoms with Crippen molar-refractivity contribution >= 4 is 22.9 Å². The van der Waals surface area contributed by atoms with Crippen LogP contribution in [0.3, 0.4) is 0 Å². The molecule has 0 radical (unpaired) electrons. The molecule has 2 aromatic rings. The molecule has 3 nitrogen and oxygen atoms in total. The van der Waals surface area contributed by atoms with E-state index in [-0.39, 0.29) is 15.8 Å². The van der Waals surface area contributed by atoms with Gasteiger partial charge in [0.2, 0.25) is 0 Å². The number of halogens is 3. The van der Waals surface area contributed by atoms with Crippen molar-refractivity contribution in [3.05, 3.63) is 45.9 Å². The number of amides is 1. The number of anilines is 1. The number of carbonyl (C=O) groups is 1. The summed E-state index contributed by atoms with van der Waals surface area (Å²) in [7, 11) is 0. The van der Waals surface area contributed by atoms with E-state index in [1.54, 1.807) is 0 Å². The van der Waals surface area contributed by atoms with Crippen molar-refractivity contribution in [2.24, 2.45) is 0 Å². The molecular weight excluding hydrogens is 265 g/mol. The molecule has 0 fully saturated rings. The second-order valence-electron chi connectivity index (χ2n) is 3.42. The van der Waals surface area contributed by atoms with Crippen LogP contribution in [-0.2, 0) is 0 Å². The minimum absolute atomic E-state index is 0.00489. The van der Waals surface area contributed by atoms with Gasteiger partial charge in [-0.15, -0.1) is 5.12 Å². The van der Waals surface area contributed by atoms with Crippen LogP contribution in [0.2, 0.25) is 0 Å². The maximum Gasteiger partial charge on any atom is 0.315 e. The molecule has 0 saturated heterocycles. The Balaban J connectivity index is 2.32. The zero-order chi connectivity index (χ0) is 13.3. The topological polar surface area (TPSA) is 33.2 Å². The van der Waals surface area contributed by atoms with Crippen LogP contribution in [0.25, 0.3) is 0 Å². The highest BCUT2D eigenvalue weighted by molar-refractivity contribution is 7.12. The van der Waals surface area contributed by atoms with E-state index in [0.29, 0.717) is 11.3 Å². The Morgan fingerprint density at radius 2 is 2.00 bits per heavy atom. The average molecular weight is 272 g/mol. The van der Waals surface area contributed by atoms with Gasteiger partial charge in [0, 0.05) is 0 Å². The summed E-state index contributed by atoms with van der Waals surface area (Å²) in [5, 5.41) is -1.41. The van der Waals surface area contributed by atoms with Gasteiger partial charge >= 0.3 is 5.91 Å². The van der Waals surface area contributed by atoms with E-state index in [2.05, 4.69) is 4.98 Å². The molecule has 1 aromatic carbocycles. The molecule has 1 amide bonds. The second-order valence-corrected chi connectivity index (χ2v) is 4.36. The highest BCUT2D eigenvalue weighted by Gasteiger charge is 2.24. The van der Waals surface area contributed by atoms with Crippen molar-refractivity contribution < 1.29 is 18.1 Å². The minimum Gasteiger partial charge on any atom is -0.263 e. The number of para-hydroxylation sites is 1. The number of benzene rings is 1. The molecule has 1 heterocycles. The molecule has 0 atom stereocenters. The fourth-order valence-electron chi connectivity index (χ4n) is 1.27. The van der Waals surface area contributed by atoms with Gasteiger partial charge in [0.05, 0.1) is 5.69 Å². The van der Waals surface area contributed by atoms with Gasteiger partial charge in [-0.2, -0.15) is 4.39 Å². The second kappa shape index (κ2) is 4.77. The van der Waals surface area contributed by atoms with Crippen LogP contribution in [0.4, 0.5) is 18.9 Å². The lowest BCUT2D eigenvalue weighted by Crippen LogP contribution is -2.22. The Bertz CT molecular complexity index is 580. The molecule has 0 N–H and O–H groups in total. The first-order valence-electron chi connectivity index (χ1n) is 4.88. The number of rotatable bonds is 2.